The number of rotatable bonds is 6. The molecule has 0 bridgehead atoms. The van der Waals surface area contributed by atoms with Gasteiger partial charge in [0.25, 0.3) is 0 Å². The smallest absolute Gasteiger partial charge is 0.356 e. The monoisotopic (exact) mass is 406 g/mol. The Morgan fingerprint density at radius 2 is 2.20 bits per heavy atom. The Bertz CT molecular complexity index is 1140. The fraction of sp³-hybridized carbons (Fsp3) is 0.273. The lowest BCUT2D eigenvalue weighted by Crippen LogP contribution is -2.21. The van der Waals surface area contributed by atoms with Crippen molar-refractivity contribution >= 4 is 23.4 Å². The summed E-state index contributed by atoms with van der Waals surface area (Å²) in [5.41, 5.74) is 3.58. The van der Waals surface area contributed by atoms with Gasteiger partial charge in [-0.25, -0.2) is 14.8 Å². The maximum atomic E-state index is 12.1. The number of aryl methyl sites for hydroxylation is 1. The highest BCUT2D eigenvalue weighted by Crippen LogP contribution is 2.27. The largest absolute Gasteiger partial charge is 0.464 e. The molecule has 8 nitrogen and oxygen atoms in total. The van der Waals surface area contributed by atoms with Crippen LogP contribution in [-0.4, -0.2) is 63.7 Å². The molecule has 154 valence electrons. The molecule has 0 saturated heterocycles. The number of ether oxygens (including phenoxy) is 1. The van der Waals surface area contributed by atoms with Crippen molar-refractivity contribution in [2.75, 3.05) is 20.7 Å². The Morgan fingerprint density at radius 3 is 2.93 bits per heavy atom. The van der Waals surface area contributed by atoms with E-state index in [1.165, 1.54) is 12.0 Å². The van der Waals surface area contributed by atoms with E-state index in [0.29, 0.717) is 36.1 Å². The molecule has 0 saturated carbocycles. The number of benzene rings is 1. The van der Waals surface area contributed by atoms with E-state index in [4.69, 9.17) is 4.74 Å². The van der Waals surface area contributed by atoms with Gasteiger partial charge in [0, 0.05) is 38.2 Å². The molecule has 0 fully saturated rings. The molecule has 3 rings (SSSR count). The zero-order valence-corrected chi connectivity index (χ0v) is 17.0. The van der Waals surface area contributed by atoms with Crippen molar-refractivity contribution in [2.45, 2.75) is 12.5 Å². The summed E-state index contributed by atoms with van der Waals surface area (Å²) in [4.78, 5) is 33.0. The van der Waals surface area contributed by atoms with Crippen LogP contribution in [0.5, 0.6) is 0 Å². The van der Waals surface area contributed by atoms with E-state index in [1.54, 1.807) is 19.4 Å². The summed E-state index contributed by atoms with van der Waals surface area (Å²) in [6.45, 7) is 0.418. The number of methoxy groups -OCH3 is 1. The second-order valence-electron chi connectivity index (χ2n) is 6.81. The van der Waals surface area contributed by atoms with E-state index in [0.717, 1.165) is 11.1 Å². The molecule has 8 heteroatoms. The number of aliphatic hydroxyl groups is 1. The van der Waals surface area contributed by atoms with Crippen molar-refractivity contribution in [2.24, 2.45) is 7.05 Å². The Kier molecular flexibility index (Phi) is 6.45. The SMILES string of the molecule is COC(=O)c1cc2c(ncn2C)c(-c2cccc(C#CC(O)CCN(C)C=O)c2)n1. The van der Waals surface area contributed by atoms with E-state index in [1.807, 2.05) is 35.9 Å². The quantitative estimate of drug-likeness (QED) is 0.380. The number of carbonyl (C=O) groups excluding carboxylic acids is 2. The van der Waals surface area contributed by atoms with Crippen LogP contribution < -0.4 is 0 Å². The first-order valence-corrected chi connectivity index (χ1v) is 9.29. The lowest BCUT2D eigenvalue weighted by Gasteiger charge is -2.10. The molecule has 1 unspecified atom stereocenters. The third-order valence-corrected chi connectivity index (χ3v) is 4.56. The fourth-order valence-corrected chi connectivity index (χ4v) is 2.90. The minimum atomic E-state index is -0.848. The van der Waals surface area contributed by atoms with Gasteiger partial charge in [0.2, 0.25) is 6.41 Å². The molecule has 0 aliphatic rings. The second-order valence-corrected chi connectivity index (χ2v) is 6.81. The molecule has 30 heavy (non-hydrogen) atoms. The highest BCUT2D eigenvalue weighted by atomic mass is 16.5. The van der Waals surface area contributed by atoms with Crippen LogP contribution in [0.15, 0.2) is 36.7 Å². The number of aliphatic hydroxyl groups excluding tert-OH is 1. The van der Waals surface area contributed by atoms with Crippen LogP contribution in [0.3, 0.4) is 0 Å². The average molecular weight is 406 g/mol. The van der Waals surface area contributed by atoms with Gasteiger partial charge in [0.05, 0.1) is 24.6 Å². The second kappa shape index (κ2) is 9.20. The van der Waals surface area contributed by atoms with Crippen LogP contribution in [0.25, 0.3) is 22.3 Å². The third-order valence-electron chi connectivity index (χ3n) is 4.56. The van der Waals surface area contributed by atoms with Crippen LogP contribution in [0.1, 0.15) is 22.5 Å². The van der Waals surface area contributed by atoms with Crippen molar-refractivity contribution in [1.29, 1.82) is 0 Å². The highest BCUT2D eigenvalue weighted by Gasteiger charge is 2.16. The number of hydrogen-bond donors (Lipinski definition) is 1. The van der Waals surface area contributed by atoms with Gasteiger partial charge in [-0.15, -0.1) is 0 Å². The molecule has 0 aliphatic carbocycles. The maximum absolute atomic E-state index is 12.1. The molecular weight excluding hydrogens is 384 g/mol. The molecule has 3 aromatic rings. The number of nitrogens with zero attached hydrogens (tertiary/aromatic N) is 4. The zero-order chi connectivity index (χ0) is 21.7. The lowest BCUT2D eigenvalue weighted by atomic mass is 10.1. The van der Waals surface area contributed by atoms with Crippen molar-refractivity contribution in [3.63, 3.8) is 0 Å². The number of carbonyl (C=O) groups is 2. The van der Waals surface area contributed by atoms with Crippen molar-refractivity contribution in [3.8, 4) is 23.1 Å². The summed E-state index contributed by atoms with van der Waals surface area (Å²) in [6, 6.07) is 8.98. The summed E-state index contributed by atoms with van der Waals surface area (Å²) in [5, 5.41) is 10.0. The zero-order valence-electron chi connectivity index (χ0n) is 17.0. The minimum Gasteiger partial charge on any atom is -0.464 e. The highest BCUT2D eigenvalue weighted by molar-refractivity contribution is 5.97. The van der Waals surface area contributed by atoms with E-state index >= 15 is 0 Å². The molecule has 1 amide bonds. The van der Waals surface area contributed by atoms with E-state index in [9.17, 15) is 14.7 Å². The van der Waals surface area contributed by atoms with Gasteiger partial charge in [-0.1, -0.05) is 24.0 Å². The van der Waals surface area contributed by atoms with Crippen LogP contribution in [-0.2, 0) is 16.6 Å². The van der Waals surface area contributed by atoms with E-state index in [2.05, 4.69) is 21.8 Å². The van der Waals surface area contributed by atoms with Crippen molar-refractivity contribution < 1.29 is 19.4 Å². The van der Waals surface area contributed by atoms with Gasteiger partial charge < -0.3 is 19.3 Å². The maximum Gasteiger partial charge on any atom is 0.356 e. The van der Waals surface area contributed by atoms with Gasteiger partial charge in [-0.3, -0.25) is 4.79 Å². The molecular formula is C22H22N4O4. The fourth-order valence-electron chi connectivity index (χ4n) is 2.90. The predicted octanol–water partition coefficient (Wildman–Crippen LogP) is 1.61. The van der Waals surface area contributed by atoms with Gasteiger partial charge in [-0.05, 0) is 18.2 Å². The summed E-state index contributed by atoms with van der Waals surface area (Å²) in [7, 11) is 4.79. The van der Waals surface area contributed by atoms with Gasteiger partial charge in [-0.2, -0.15) is 0 Å². The number of hydrogen-bond acceptors (Lipinski definition) is 6. The van der Waals surface area contributed by atoms with E-state index in [-0.39, 0.29) is 5.69 Å². The lowest BCUT2D eigenvalue weighted by molar-refractivity contribution is -0.117. The molecule has 2 heterocycles. The Labute approximate surface area is 174 Å². The first-order chi connectivity index (χ1) is 14.4. The standard InChI is InChI=1S/C22H22N4O4/c1-25(14-27)10-9-17(28)8-7-15-5-4-6-16(11-15)20-21-19(26(2)13-23-21)12-18(24-20)22(29)30-3/h4-6,11-14,17,28H,9-10H2,1-3H3. The Morgan fingerprint density at radius 1 is 1.40 bits per heavy atom. The summed E-state index contributed by atoms with van der Waals surface area (Å²) < 4.78 is 6.63. The number of aromatic nitrogens is 3. The van der Waals surface area contributed by atoms with Crippen molar-refractivity contribution in [3.05, 3.63) is 47.9 Å². The number of pyridine rings is 1. The molecule has 1 aromatic carbocycles. The summed E-state index contributed by atoms with van der Waals surface area (Å²) in [6.07, 6.45) is 1.88. The van der Waals surface area contributed by atoms with Crippen LogP contribution >= 0.6 is 0 Å². The Hall–Kier alpha value is -3.70. The van der Waals surface area contributed by atoms with Gasteiger partial charge in [0.1, 0.15) is 11.6 Å². The van der Waals surface area contributed by atoms with Crippen molar-refractivity contribution in [1.82, 2.24) is 19.4 Å². The molecule has 1 N–H and O–H groups in total. The predicted molar refractivity (Wildman–Crippen MR) is 111 cm³/mol. The summed E-state index contributed by atoms with van der Waals surface area (Å²) >= 11 is 0. The van der Waals surface area contributed by atoms with Crippen LogP contribution in [0, 0.1) is 11.8 Å². The van der Waals surface area contributed by atoms with Gasteiger partial charge >= 0.3 is 5.97 Å². The topological polar surface area (TPSA) is 97.5 Å². The molecule has 0 spiro atoms. The molecule has 0 aliphatic heterocycles. The number of amides is 1. The normalized spacial score (nSPS) is 11.5. The first-order valence-electron chi connectivity index (χ1n) is 9.29. The van der Waals surface area contributed by atoms with Crippen LogP contribution in [0.2, 0.25) is 0 Å². The minimum absolute atomic E-state index is 0.190. The van der Waals surface area contributed by atoms with Crippen LogP contribution in [0.4, 0.5) is 0 Å². The number of esters is 1. The average Bonchev–Trinajstić information content (AvgIpc) is 3.15. The summed E-state index contributed by atoms with van der Waals surface area (Å²) in [5.74, 6) is 5.20. The van der Waals surface area contributed by atoms with Gasteiger partial charge in [0.15, 0.2) is 5.69 Å². The Balaban J connectivity index is 1.95. The third kappa shape index (κ3) is 4.64. The molecule has 1 atom stereocenters. The first kappa shape index (κ1) is 21.0. The number of imidazole rings is 1. The number of fused-ring (bicyclic) bond motifs is 1. The molecule has 0 radical (unpaired) electrons. The van der Waals surface area contributed by atoms with E-state index < -0.39 is 12.1 Å². The molecule has 2 aromatic heterocycles.